The summed E-state index contributed by atoms with van der Waals surface area (Å²) in [5.41, 5.74) is 0.137. The molecular formula is C8H11BrN2O3S. The van der Waals surface area contributed by atoms with Crippen molar-refractivity contribution in [3.05, 3.63) is 22.7 Å². The van der Waals surface area contributed by atoms with Crippen LogP contribution < -0.4 is 4.72 Å². The summed E-state index contributed by atoms with van der Waals surface area (Å²) < 4.78 is 26.8. The van der Waals surface area contributed by atoms with E-state index in [1.165, 1.54) is 26.2 Å². The fourth-order valence-electron chi connectivity index (χ4n) is 0.820. The van der Waals surface area contributed by atoms with Crippen LogP contribution in [0.4, 0.5) is 5.69 Å². The Morgan fingerprint density at radius 2 is 2.00 bits per heavy atom. The van der Waals surface area contributed by atoms with Gasteiger partial charge in [-0.15, -0.1) is 0 Å². The van der Waals surface area contributed by atoms with Gasteiger partial charge in [0.15, 0.2) is 0 Å². The summed E-state index contributed by atoms with van der Waals surface area (Å²) in [4.78, 5) is 0. The first-order valence-corrected chi connectivity index (χ1v) is 6.25. The van der Waals surface area contributed by atoms with Gasteiger partial charge in [0.2, 0.25) is 0 Å². The lowest BCUT2D eigenvalue weighted by molar-refractivity contribution is 0.476. The Hall–Kier alpha value is -0.790. The molecule has 0 spiro atoms. The maximum Gasteiger partial charge on any atom is 0.301 e. The second kappa shape index (κ2) is 4.38. The predicted octanol–water partition coefficient (Wildman–Crippen LogP) is 1.37. The molecule has 0 aliphatic carbocycles. The zero-order valence-corrected chi connectivity index (χ0v) is 10.6. The van der Waals surface area contributed by atoms with Gasteiger partial charge in [-0.2, -0.15) is 12.7 Å². The van der Waals surface area contributed by atoms with Gasteiger partial charge in [-0.3, -0.25) is 4.72 Å². The molecule has 0 bridgehead atoms. The van der Waals surface area contributed by atoms with Gasteiger partial charge in [-0.25, -0.2) is 0 Å². The predicted molar refractivity (Wildman–Crippen MR) is 62.0 cm³/mol. The van der Waals surface area contributed by atoms with E-state index in [9.17, 15) is 13.5 Å². The fraction of sp³-hybridized carbons (Fsp3) is 0.250. The van der Waals surface area contributed by atoms with Crippen LogP contribution in [0.1, 0.15) is 0 Å². The summed E-state index contributed by atoms with van der Waals surface area (Å²) >= 11 is 3.18. The van der Waals surface area contributed by atoms with Gasteiger partial charge in [0.1, 0.15) is 5.75 Å². The van der Waals surface area contributed by atoms with Crippen LogP contribution in [-0.2, 0) is 10.2 Å². The van der Waals surface area contributed by atoms with Crippen molar-refractivity contribution >= 4 is 31.8 Å². The van der Waals surface area contributed by atoms with Crippen molar-refractivity contribution in [2.75, 3.05) is 18.8 Å². The summed E-state index contributed by atoms with van der Waals surface area (Å²) in [6.07, 6.45) is 0. The minimum absolute atomic E-state index is 0.122. The molecule has 0 saturated carbocycles. The molecule has 2 N–H and O–H groups in total. The van der Waals surface area contributed by atoms with E-state index in [4.69, 9.17) is 0 Å². The number of benzene rings is 1. The van der Waals surface area contributed by atoms with Crippen molar-refractivity contribution in [3.8, 4) is 5.75 Å². The molecule has 0 heterocycles. The van der Waals surface area contributed by atoms with Gasteiger partial charge in [0.05, 0.1) is 5.69 Å². The van der Waals surface area contributed by atoms with Crippen LogP contribution in [0.25, 0.3) is 0 Å². The van der Waals surface area contributed by atoms with E-state index in [-0.39, 0.29) is 11.4 Å². The van der Waals surface area contributed by atoms with Gasteiger partial charge < -0.3 is 5.11 Å². The normalized spacial score (nSPS) is 11.7. The molecule has 1 rings (SSSR count). The van der Waals surface area contributed by atoms with Crippen LogP contribution in [0.3, 0.4) is 0 Å². The maximum atomic E-state index is 11.5. The van der Waals surface area contributed by atoms with E-state index >= 15 is 0 Å². The lowest BCUT2D eigenvalue weighted by Gasteiger charge is -2.14. The van der Waals surface area contributed by atoms with Gasteiger partial charge in [0.25, 0.3) is 0 Å². The van der Waals surface area contributed by atoms with Crippen molar-refractivity contribution in [2.24, 2.45) is 0 Å². The van der Waals surface area contributed by atoms with Gasteiger partial charge in [0, 0.05) is 18.6 Å². The number of anilines is 1. The molecule has 5 nitrogen and oxygen atoms in total. The quantitative estimate of drug-likeness (QED) is 0.828. The highest BCUT2D eigenvalue weighted by atomic mass is 79.9. The number of rotatable bonds is 3. The van der Waals surface area contributed by atoms with Crippen LogP contribution >= 0.6 is 15.9 Å². The Kier molecular flexibility index (Phi) is 3.58. The number of hydrogen-bond acceptors (Lipinski definition) is 3. The molecule has 0 unspecified atom stereocenters. The molecule has 0 saturated heterocycles. The molecule has 1 aromatic rings. The van der Waals surface area contributed by atoms with Crippen LogP contribution in [0.5, 0.6) is 5.75 Å². The second-order valence-electron chi connectivity index (χ2n) is 3.05. The van der Waals surface area contributed by atoms with Crippen molar-refractivity contribution in [2.45, 2.75) is 0 Å². The van der Waals surface area contributed by atoms with Crippen molar-refractivity contribution < 1.29 is 13.5 Å². The average molecular weight is 295 g/mol. The number of phenols is 1. The number of halogens is 1. The summed E-state index contributed by atoms with van der Waals surface area (Å²) in [5.74, 6) is -0.122. The van der Waals surface area contributed by atoms with Crippen LogP contribution in [0.15, 0.2) is 22.7 Å². The zero-order valence-electron chi connectivity index (χ0n) is 8.23. The third-order valence-corrected chi connectivity index (χ3v) is 3.61. The first-order chi connectivity index (χ1) is 6.83. The first-order valence-electron chi connectivity index (χ1n) is 4.02. The minimum Gasteiger partial charge on any atom is -0.506 e. The van der Waals surface area contributed by atoms with Crippen LogP contribution in [-0.4, -0.2) is 31.9 Å². The Balaban J connectivity index is 3.05. The number of nitrogens with zero attached hydrogens (tertiary/aromatic N) is 1. The van der Waals surface area contributed by atoms with E-state index in [0.29, 0.717) is 4.47 Å². The molecule has 0 fully saturated rings. The average Bonchev–Trinajstić information content (AvgIpc) is 2.10. The molecule has 7 heteroatoms. The van der Waals surface area contributed by atoms with Crippen molar-refractivity contribution in [3.63, 3.8) is 0 Å². The van der Waals surface area contributed by atoms with E-state index in [1.54, 1.807) is 6.07 Å². The lowest BCUT2D eigenvalue weighted by Crippen LogP contribution is -2.28. The van der Waals surface area contributed by atoms with Crippen LogP contribution in [0.2, 0.25) is 0 Å². The molecule has 0 aliphatic heterocycles. The monoisotopic (exact) mass is 294 g/mol. The van der Waals surface area contributed by atoms with Gasteiger partial charge in [-0.1, -0.05) is 15.9 Å². The fourth-order valence-corrected chi connectivity index (χ4v) is 1.81. The van der Waals surface area contributed by atoms with Crippen LogP contribution in [0, 0.1) is 0 Å². The third kappa shape index (κ3) is 3.08. The van der Waals surface area contributed by atoms with Crippen molar-refractivity contribution in [1.29, 1.82) is 0 Å². The molecule has 0 aliphatic rings. The standard InChI is InChI=1S/C8H11BrN2O3S/c1-11(2)15(13,14)10-7-5-6(9)3-4-8(7)12/h3-5,10,12H,1-2H3. The smallest absolute Gasteiger partial charge is 0.301 e. The van der Waals surface area contributed by atoms with E-state index in [2.05, 4.69) is 20.7 Å². The van der Waals surface area contributed by atoms with E-state index in [0.717, 1.165) is 4.31 Å². The Morgan fingerprint density at radius 3 is 2.53 bits per heavy atom. The Morgan fingerprint density at radius 1 is 1.40 bits per heavy atom. The Bertz CT molecular complexity index is 459. The summed E-state index contributed by atoms with van der Waals surface area (Å²) in [5, 5.41) is 9.41. The topological polar surface area (TPSA) is 69.6 Å². The first kappa shape index (κ1) is 12.3. The highest BCUT2D eigenvalue weighted by Gasteiger charge is 2.15. The van der Waals surface area contributed by atoms with E-state index in [1.807, 2.05) is 0 Å². The summed E-state index contributed by atoms with van der Waals surface area (Å²) in [6, 6.07) is 4.50. The van der Waals surface area contributed by atoms with Gasteiger partial charge >= 0.3 is 10.2 Å². The second-order valence-corrected chi connectivity index (χ2v) is 5.85. The number of nitrogens with one attached hydrogen (secondary N) is 1. The molecule has 15 heavy (non-hydrogen) atoms. The molecule has 0 amide bonds. The maximum absolute atomic E-state index is 11.5. The number of phenolic OH excluding ortho intramolecular Hbond substituents is 1. The summed E-state index contributed by atoms with van der Waals surface area (Å²) in [6.45, 7) is 0. The molecule has 1 aromatic carbocycles. The zero-order chi connectivity index (χ0) is 11.6. The van der Waals surface area contributed by atoms with E-state index < -0.39 is 10.2 Å². The molecule has 0 aromatic heterocycles. The molecule has 84 valence electrons. The third-order valence-electron chi connectivity index (χ3n) is 1.68. The highest BCUT2D eigenvalue weighted by Crippen LogP contribution is 2.27. The minimum atomic E-state index is -3.59. The van der Waals surface area contributed by atoms with Crippen molar-refractivity contribution in [1.82, 2.24) is 4.31 Å². The number of aromatic hydroxyl groups is 1. The number of hydrogen-bond donors (Lipinski definition) is 2. The molecule has 0 radical (unpaired) electrons. The summed E-state index contributed by atoms with van der Waals surface area (Å²) in [7, 11) is -0.788. The Labute approximate surface area is 97.0 Å². The largest absolute Gasteiger partial charge is 0.506 e. The molecule has 0 atom stereocenters. The highest BCUT2D eigenvalue weighted by molar-refractivity contribution is 9.10. The SMILES string of the molecule is CN(C)S(=O)(=O)Nc1cc(Br)ccc1O. The molecular weight excluding hydrogens is 284 g/mol. The lowest BCUT2D eigenvalue weighted by atomic mass is 10.3. The van der Waals surface area contributed by atoms with Gasteiger partial charge in [-0.05, 0) is 18.2 Å².